The lowest BCUT2D eigenvalue weighted by Gasteiger charge is -2.37. The van der Waals surface area contributed by atoms with Crippen molar-refractivity contribution in [1.82, 2.24) is 14.8 Å². The van der Waals surface area contributed by atoms with E-state index in [0.29, 0.717) is 12.0 Å². The zero-order valence-electron chi connectivity index (χ0n) is 16.0. The van der Waals surface area contributed by atoms with Crippen LogP contribution in [-0.4, -0.2) is 53.4 Å². The van der Waals surface area contributed by atoms with Gasteiger partial charge < -0.3 is 9.80 Å². The molecule has 1 aliphatic heterocycles. The highest BCUT2D eigenvalue weighted by atomic mass is 32.1. The third kappa shape index (κ3) is 4.71. The molecule has 3 heterocycles. The van der Waals surface area contributed by atoms with Gasteiger partial charge in [-0.15, -0.1) is 11.3 Å². The molecule has 3 rings (SSSR count). The van der Waals surface area contributed by atoms with Crippen LogP contribution < -0.4 is 0 Å². The van der Waals surface area contributed by atoms with Crippen LogP contribution in [0.25, 0.3) is 0 Å². The zero-order chi connectivity index (χ0) is 18.5. The summed E-state index contributed by atoms with van der Waals surface area (Å²) < 4.78 is 0. The van der Waals surface area contributed by atoms with Gasteiger partial charge in [-0.3, -0.25) is 9.78 Å². The number of amides is 1. The molecule has 0 radical (unpaired) electrons. The van der Waals surface area contributed by atoms with Crippen LogP contribution in [0.2, 0.25) is 0 Å². The van der Waals surface area contributed by atoms with Crippen molar-refractivity contribution in [1.29, 1.82) is 0 Å². The van der Waals surface area contributed by atoms with Gasteiger partial charge in [0, 0.05) is 54.2 Å². The van der Waals surface area contributed by atoms with Crippen molar-refractivity contribution in [2.45, 2.75) is 45.1 Å². The fraction of sp³-hybridized carbons (Fsp3) is 0.524. The molecule has 2 aromatic heterocycles. The van der Waals surface area contributed by atoms with Crippen molar-refractivity contribution in [3.05, 3.63) is 52.0 Å². The van der Waals surface area contributed by atoms with Crippen LogP contribution >= 0.6 is 11.3 Å². The minimum absolute atomic E-state index is 0.191. The minimum atomic E-state index is 0.191. The fourth-order valence-electron chi connectivity index (χ4n) is 3.47. The first-order chi connectivity index (χ1) is 12.5. The lowest BCUT2D eigenvalue weighted by atomic mass is 10.0. The number of likely N-dealkylation sites (tertiary alicyclic amines) is 1. The summed E-state index contributed by atoms with van der Waals surface area (Å²) >= 11 is 1.70. The fourth-order valence-corrected chi connectivity index (χ4v) is 4.37. The second-order valence-corrected chi connectivity index (χ2v) is 8.43. The number of rotatable bonds is 6. The Morgan fingerprint density at radius 1 is 1.42 bits per heavy atom. The van der Waals surface area contributed by atoms with Crippen LogP contribution in [0.3, 0.4) is 0 Å². The summed E-state index contributed by atoms with van der Waals surface area (Å²) in [7, 11) is 2.17. The maximum absolute atomic E-state index is 12.9. The number of thiophene rings is 1. The molecule has 5 heteroatoms. The van der Waals surface area contributed by atoms with Gasteiger partial charge in [0.25, 0.3) is 5.91 Å². The SMILES string of the molecule is CC(C)c1cc(C(=O)N2CCC[C@@H](N(C)CCc3ccccn3)C2)cs1. The third-order valence-electron chi connectivity index (χ3n) is 5.19. The lowest BCUT2D eigenvalue weighted by molar-refractivity contribution is 0.0612. The predicted molar refractivity (Wildman–Crippen MR) is 108 cm³/mol. The summed E-state index contributed by atoms with van der Waals surface area (Å²) in [5, 5.41) is 2.02. The number of carbonyl (C=O) groups excluding carboxylic acids is 1. The van der Waals surface area contributed by atoms with Crippen LogP contribution in [-0.2, 0) is 6.42 Å². The molecular formula is C21H29N3OS. The monoisotopic (exact) mass is 371 g/mol. The number of pyridine rings is 1. The van der Waals surface area contributed by atoms with Crippen molar-refractivity contribution in [2.24, 2.45) is 0 Å². The van der Waals surface area contributed by atoms with E-state index in [9.17, 15) is 4.79 Å². The third-order valence-corrected chi connectivity index (χ3v) is 6.42. The Hall–Kier alpha value is -1.72. The smallest absolute Gasteiger partial charge is 0.254 e. The first kappa shape index (κ1) is 19.1. The molecule has 140 valence electrons. The summed E-state index contributed by atoms with van der Waals surface area (Å²) in [5.41, 5.74) is 1.98. The summed E-state index contributed by atoms with van der Waals surface area (Å²) in [5.74, 6) is 0.671. The first-order valence-corrected chi connectivity index (χ1v) is 10.4. The number of carbonyl (C=O) groups is 1. The van der Waals surface area contributed by atoms with Gasteiger partial charge in [-0.05, 0) is 44.0 Å². The molecule has 4 nitrogen and oxygen atoms in total. The highest BCUT2D eigenvalue weighted by Crippen LogP contribution is 2.25. The largest absolute Gasteiger partial charge is 0.337 e. The summed E-state index contributed by atoms with van der Waals surface area (Å²) in [4.78, 5) is 23.0. The Morgan fingerprint density at radius 2 is 2.27 bits per heavy atom. The molecule has 1 saturated heterocycles. The van der Waals surface area contributed by atoms with Gasteiger partial charge in [0.05, 0.1) is 5.56 Å². The lowest BCUT2D eigenvalue weighted by Crippen LogP contribution is -2.49. The Kier molecular flexibility index (Phi) is 6.43. The van der Waals surface area contributed by atoms with E-state index in [2.05, 4.69) is 42.9 Å². The van der Waals surface area contributed by atoms with Gasteiger partial charge in [0.2, 0.25) is 0 Å². The molecule has 0 unspecified atom stereocenters. The van der Waals surface area contributed by atoms with Gasteiger partial charge in [-0.25, -0.2) is 0 Å². The Labute approximate surface area is 160 Å². The van der Waals surface area contributed by atoms with Crippen molar-refractivity contribution < 1.29 is 4.79 Å². The van der Waals surface area contributed by atoms with Gasteiger partial charge >= 0.3 is 0 Å². The van der Waals surface area contributed by atoms with Gasteiger partial charge in [-0.1, -0.05) is 19.9 Å². The molecule has 0 aromatic carbocycles. The van der Waals surface area contributed by atoms with Crippen LogP contribution in [0.4, 0.5) is 0 Å². The van der Waals surface area contributed by atoms with E-state index in [1.165, 1.54) is 4.88 Å². The van der Waals surface area contributed by atoms with Crippen molar-refractivity contribution in [3.8, 4) is 0 Å². The number of hydrogen-bond donors (Lipinski definition) is 0. The standard InChI is InChI=1S/C21H29N3OS/c1-16(2)20-13-17(15-26-20)21(25)24-11-6-8-19(14-24)23(3)12-9-18-7-4-5-10-22-18/h4-5,7,10,13,15-16,19H,6,8-9,11-12,14H2,1-3H3/t19-/m1/s1. The van der Waals surface area contributed by atoms with Gasteiger partial charge in [0.15, 0.2) is 0 Å². The summed E-state index contributed by atoms with van der Waals surface area (Å²) in [6.45, 7) is 7.02. The molecule has 1 amide bonds. The molecule has 1 fully saturated rings. The quantitative estimate of drug-likeness (QED) is 0.769. The number of hydrogen-bond acceptors (Lipinski definition) is 4. The molecule has 26 heavy (non-hydrogen) atoms. The molecule has 0 saturated carbocycles. The van der Waals surface area contributed by atoms with E-state index in [1.807, 2.05) is 28.6 Å². The van der Waals surface area contributed by atoms with Crippen LogP contribution in [0.5, 0.6) is 0 Å². The van der Waals surface area contributed by atoms with E-state index in [-0.39, 0.29) is 5.91 Å². The number of aromatic nitrogens is 1. The molecular weight excluding hydrogens is 342 g/mol. The first-order valence-electron chi connectivity index (χ1n) is 9.52. The van der Waals surface area contributed by atoms with Gasteiger partial charge in [-0.2, -0.15) is 0 Å². The van der Waals surface area contributed by atoms with Crippen molar-refractivity contribution in [2.75, 3.05) is 26.7 Å². The Morgan fingerprint density at radius 3 is 2.96 bits per heavy atom. The second-order valence-electron chi connectivity index (χ2n) is 7.49. The summed E-state index contributed by atoms with van der Waals surface area (Å²) in [6, 6.07) is 8.57. The molecule has 0 bridgehead atoms. The molecule has 2 aromatic rings. The average Bonchev–Trinajstić information content (AvgIpc) is 3.17. The normalized spacial score (nSPS) is 17.9. The van der Waals surface area contributed by atoms with E-state index in [1.54, 1.807) is 11.3 Å². The molecule has 1 aliphatic rings. The number of piperidine rings is 1. The van der Waals surface area contributed by atoms with E-state index in [0.717, 1.165) is 50.2 Å². The van der Waals surface area contributed by atoms with E-state index >= 15 is 0 Å². The number of likely N-dealkylation sites (N-methyl/N-ethyl adjacent to an activating group) is 1. The highest BCUT2D eigenvalue weighted by molar-refractivity contribution is 7.10. The van der Waals surface area contributed by atoms with E-state index in [4.69, 9.17) is 0 Å². The van der Waals surface area contributed by atoms with Crippen molar-refractivity contribution in [3.63, 3.8) is 0 Å². The number of nitrogens with zero attached hydrogens (tertiary/aromatic N) is 3. The topological polar surface area (TPSA) is 36.4 Å². The van der Waals surface area contributed by atoms with Crippen LogP contribution in [0.15, 0.2) is 35.8 Å². The minimum Gasteiger partial charge on any atom is -0.337 e. The van der Waals surface area contributed by atoms with Crippen LogP contribution in [0.1, 0.15) is 53.5 Å². The summed E-state index contributed by atoms with van der Waals surface area (Å²) in [6.07, 6.45) is 5.03. The van der Waals surface area contributed by atoms with Crippen molar-refractivity contribution >= 4 is 17.2 Å². The second kappa shape index (κ2) is 8.78. The molecule has 1 atom stereocenters. The molecule has 0 spiro atoms. The Balaban J connectivity index is 1.56. The highest BCUT2D eigenvalue weighted by Gasteiger charge is 2.27. The van der Waals surface area contributed by atoms with Crippen LogP contribution in [0, 0.1) is 0 Å². The predicted octanol–water partition coefficient (Wildman–Crippen LogP) is 4.05. The zero-order valence-corrected chi connectivity index (χ0v) is 16.8. The molecule has 0 aliphatic carbocycles. The van der Waals surface area contributed by atoms with E-state index < -0.39 is 0 Å². The maximum Gasteiger partial charge on any atom is 0.254 e. The molecule has 0 N–H and O–H groups in total. The van der Waals surface area contributed by atoms with Gasteiger partial charge in [0.1, 0.15) is 0 Å². The Bertz CT molecular complexity index is 713. The average molecular weight is 372 g/mol. The maximum atomic E-state index is 12.9.